The van der Waals surface area contributed by atoms with E-state index in [1.54, 1.807) is 60.7 Å². The van der Waals surface area contributed by atoms with Crippen LogP contribution in [0.15, 0.2) is 73.1 Å². The molecule has 116 valence electrons. The smallest absolute Gasteiger partial charge is 0.229 e. The van der Waals surface area contributed by atoms with Crippen LogP contribution in [0.4, 0.5) is 0 Å². The maximum absolute atomic E-state index is 11.5. The highest BCUT2D eigenvalue weighted by Crippen LogP contribution is 2.36. The topological polar surface area (TPSA) is 44.3 Å². The second-order valence-corrected chi connectivity index (χ2v) is 6.07. The second-order valence-electron chi connectivity index (χ2n) is 5.20. The number of hydrogen-bond donors (Lipinski definition) is 2. The molecule has 0 amide bonds. The van der Waals surface area contributed by atoms with Crippen LogP contribution < -0.4 is 4.73 Å². The third-order valence-corrected chi connectivity index (χ3v) is 4.23. The molecule has 0 atom stereocenters. The van der Waals surface area contributed by atoms with Crippen LogP contribution in [-0.4, -0.2) is 10.3 Å². The Hall–Kier alpha value is -2.07. The Morgan fingerprint density at radius 2 is 1.22 bits per heavy atom. The summed E-state index contributed by atoms with van der Waals surface area (Å²) in [6, 6.07) is 17.3. The number of nitrogens with zero attached hydrogens (tertiary/aromatic N) is 1. The lowest BCUT2D eigenvalue weighted by atomic mass is 9.81. The van der Waals surface area contributed by atoms with E-state index in [9.17, 15) is 10.3 Å². The molecular weight excluding hydrogens is 333 g/mol. The third kappa shape index (κ3) is 3.04. The molecular formula is C18H14Cl2NO2+. The van der Waals surface area contributed by atoms with Crippen molar-refractivity contribution in [3.63, 3.8) is 0 Å². The van der Waals surface area contributed by atoms with Gasteiger partial charge in [0.1, 0.15) is 5.60 Å². The molecule has 1 heterocycles. The predicted octanol–water partition coefficient (Wildman–Crippen LogP) is 3.80. The molecule has 0 radical (unpaired) electrons. The van der Waals surface area contributed by atoms with Gasteiger partial charge in [0.2, 0.25) is 12.4 Å². The van der Waals surface area contributed by atoms with Crippen LogP contribution >= 0.6 is 23.2 Å². The lowest BCUT2D eigenvalue weighted by molar-refractivity contribution is -0.905. The van der Waals surface area contributed by atoms with E-state index >= 15 is 0 Å². The minimum Gasteiger partial charge on any atom is -0.376 e. The summed E-state index contributed by atoms with van der Waals surface area (Å²) in [6.45, 7) is 0. The summed E-state index contributed by atoms with van der Waals surface area (Å²) in [5.41, 5.74) is 0.346. The van der Waals surface area contributed by atoms with Gasteiger partial charge in [-0.05, 0) is 41.5 Å². The average Bonchev–Trinajstić information content (AvgIpc) is 2.55. The summed E-state index contributed by atoms with van der Waals surface area (Å²) in [7, 11) is 0. The first-order valence-electron chi connectivity index (χ1n) is 6.95. The minimum absolute atomic E-state index is 0.521. The Labute approximate surface area is 143 Å². The molecule has 0 saturated heterocycles. The molecule has 2 aromatic carbocycles. The van der Waals surface area contributed by atoms with Crippen molar-refractivity contribution in [2.75, 3.05) is 0 Å². The van der Waals surface area contributed by atoms with Crippen LogP contribution in [0.3, 0.4) is 0 Å². The van der Waals surface area contributed by atoms with E-state index < -0.39 is 5.60 Å². The van der Waals surface area contributed by atoms with Crippen LogP contribution in [0.2, 0.25) is 10.0 Å². The number of benzene rings is 2. The van der Waals surface area contributed by atoms with E-state index in [-0.39, 0.29) is 0 Å². The fourth-order valence-electron chi connectivity index (χ4n) is 2.56. The summed E-state index contributed by atoms with van der Waals surface area (Å²) < 4.78 is 0.909. The Bertz CT molecular complexity index is 772. The number of aromatic nitrogens is 1. The zero-order valence-electron chi connectivity index (χ0n) is 12.0. The summed E-state index contributed by atoms with van der Waals surface area (Å²) in [4.78, 5) is 0. The Balaban J connectivity index is 2.24. The number of hydrogen-bond acceptors (Lipinski definition) is 2. The maximum Gasteiger partial charge on any atom is 0.229 e. The number of aliphatic hydroxyl groups is 1. The van der Waals surface area contributed by atoms with Crippen molar-refractivity contribution in [3.8, 4) is 0 Å². The first-order valence-corrected chi connectivity index (χ1v) is 7.71. The zero-order chi connectivity index (χ0) is 16.4. The van der Waals surface area contributed by atoms with Gasteiger partial charge in [-0.2, -0.15) is 0 Å². The van der Waals surface area contributed by atoms with E-state index in [1.165, 1.54) is 12.4 Å². The van der Waals surface area contributed by atoms with Crippen LogP contribution in [0.1, 0.15) is 16.7 Å². The van der Waals surface area contributed by atoms with Gasteiger partial charge in [0.25, 0.3) is 0 Å². The molecule has 23 heavy (non-hydrogen) atoms. The molecule has 3 aromatic rings. The first kappa shape index (κ1) is 15.8. The highest BCUT2D eigenvalue weighted by Gasteiger charge is 2.36. The van der Waals surface area contributed by atoms with E-state index in [2.05, 4.69) is 0 Å². The van der Waals surface area contributed by atoms with Gasteiger partial charge in [-0.3, -0.25) is 5.21 Å². The summed E-state index contributed by atoms with van der Waals surface area (Å²) >= 11 is 11.9. The number of rotatable bonds is 3. The van der Waals surface area contributed by atoms with Gasteiger partial charge < -0.3 is 5.11 Å². The largest absolute Gasteiger partial charge is 0.376 e. The molecule has 0 spiro atoms. The maximum atomic E-state index is 11.5. The van der Waals surface area contributed by atoms with E-state index in [0.29, 0.717) is 26.7 Å². The molecule has 0 aliphatic heterocycles. The first-order chi connectivity index (χ1) is 11.0. The van der Waals surface area contributed by atoms with Crippen LogP contribution in [0, 0.1) is 0 Å². The Morgan fingerprint density at radius 3 is 1.65 bits per heavy atom. The van der Waals surface area contributed by atoms with Crippen LogP contribution in [0.25, 0.3) is 0 Å². The van der Waals surface area contributed by atoms with Crippen molar-refractivity contribution in [2.45, 2.75) is 5.60 Å². The molecule has 3 rings (SSSR count). The monoisotopic (exact) mass is 346 g/mol. The van der Waals surface area contributed by atoms with Gasteiger partial charge in [-0.25, -0.2) is 0 Å². The highest BCUT2D eigenvalue weighted by molar-refractivity contribution is 6.30. The average molecular weight is 347 g/mol. The standard InChI is InChI=1S/C18H14Cl2NO2/c19-16-7-3-13(4-8-16)18(22,14-5-9-17(20)10-6-14)15-2-1-11-21(23)12-15/h1-12,22-23H/q+1. The molecule has 5 heteroatoms. The molecule has 0 aliphatic rings. The molecule has 0 saturated carbocycles. The summed E-state index contributed by atoms with van der Waals surface area (Å²) in [5, 5.41) is 22.4. The Morgan fingerprint density at radius 1 is 0.739 bits per heavy atom. The lowest BCUT2D eigenvalue weighted by Gasteiger charge is -2.28. The van der Waals surface area contributed by atoms with E-state index in [1.807, 2.05) is 0 Å². The van der Waals surface area contributed by atoms with E-state index in [0.717, 1.165) is 4.73 Å². The zero-order valence-corrected chi connectivity index (χ0v) is 13.5. The van der Waals surface area contributed by atoms with Gasteiger partial charge in [-0.15, -0.1) is 0 Å². The molecule has 0 unspecified atom stereocenters. The molecule has 0 bridgehead atoms. The second kappa shape index (κ2) is 6.20. The van der Waals surface area contributed by atoms with Gasteiger partial charge in [0.05, 0.1) is 5.56 Å². The fraction of sp³-hybridized carbons (Fsp3) is 0.0556. The molecule has 2 N–H and O–H groups in total. The van der Waals surface area contributed by atoms with Gasteiger partial charge >= 0.3 is 0 Å². The normalized spacial score (nSPS) is 11.4. The molecule has 0 aliphatic carbocycles. The minimum atomic E-state index is -1.44. The third-order valence-electron chi connectivity index (χ3n) is 3.73. The van der Waals surface area contributed by atoms with Gasteiger partial charge in [0.15, 0.2) is 0 Å². The SMILES string of the molecule is O[n+]1cccc(C(O)(c2ccc(Cl)cc2)c2ccc(Cl)cc2)c1. The number of halogens is 2. The highest BCUT2D eigenvalue weighted by atomic mass is 35.5. The van der Waals surface area contributed by atoms with Crippen molar-refractivity contribution in [1.82, 2.24) is 0 Å². The van der Waals surface area contributed by atoms with Gasteiger partial charge in [0, 0.05) is 20.8 Å². The van der Waals surface area contributed by atoms with Crippen LogP contribution in [-0.2, 0) is 5.60 Å². The van der Waals surface area contributed by atoms with Gasteiger partial charge in [-0.1, -0.05) is 47.5 Å². The van der Waals surface area contributed by atoms with Crippen molar-refractivity contribution in [3.05, 3.63) is 99.8 Å². The van der Waals surface area contributed by atoms with Crippen molar-refractivity contribution in [1.29, 1.82) is 0 Å². The quantitative estimate of drug-likeness (QED) is 0.559. The predicted molar refractivity (Wildman–Crippen MR) is 88.8 cm³/mol. The van der Waals surface area contributed by atoms with Crippen molar-refractivity contribution in [2.24, 2.45) is 0 Å². The molecule has 3 nitrogen and oxygen atoms in total. The Kier molecular flexibility index (Phi) is 4.26. The summed E-state index contributed by atoms with van der Waals surface area (Å²) in [6.07, 6.45) is 2.94. The number of pyridine rings is 1. The van der Waals surface area contributed by atoms with Crippen molar-refractivity contribution < 1.29 is 15.0 Å². The van der Waals surface area contributed by atoms with Crippen LogP contribution in [0.5, 0.6) is 0 Å². The lowest BCUT2D eigenvalue weighted by Crippen LogP contribution is -2.35. The summed E-state index contributed by atoms with van der Waals surface area (Å²) in [5.74, 6) is 0. The molecule has 1 aromatic heterocycles. The fourth-order valence-corrected chi connectivity index (χ4v) is 2.81. The van der Waals surface area contributed by atoms with E-state index in [4.69, 9.17) is 23.2 Å². The molecule has 0 fully saturated rings. The van der Waals surface area contributed by atoms with Crippen molar-refractivity contribution >= 4 is 23.2 Å².